The van der Waals surface area contributed by atoms with E-state index in [0.29, 0.717) is 6.04 Å². The summed E-state index contributed by atoms with van der Waals surface area (Å²) in [4.78, 5) is 11.7. The van der Waals surface area contributed by atoms with Gasteiger partial charge in [-0.1, -0.05) is 30.3 Å². The van der Waals surface area contributed by atoms with Gasteiger partial charge in [-0.2, -0.15) is 0 Å². The highest BCUT2D eigenvalue weighted by atomic mass is 32.2. The van der Waals surface area contributed by atoms with Crippen LogP contribution in [0.2, 0.25) is 0 Å². The Balaban J connectivity index is 1.65. The van der Waals surface area contributed by atoms with Crippen molar-refractivity contribution in [1.82, 2.24) is 5.32 Å². The summed E-state index contributed by atoms with van der Waals surface area (Å²) in [5.74, 6) is 1.20. The van der Waals surface area contributed by atoms with Crippen LogP contribution in [0.5, 0.6) is 0 Å². The first-order valence-electron chi connectivity index (χ1n) is 6.21. The summed E-state index contributed by atoms with van der Waals surface area (Å²) >= 11 is 1.74. The Kier molecular flexibility index (Phi) is 4.49. The minimum absolute atomic E-state index is 0.0688. The van der Waals surface area contributed by atoms with Gasteiger partial charge in [-0.3, -0.25) is 4.79 Å². The van der Waals surface area contributed by atoms with E-state index in [4.69, 9.17) is 0 Å². The molecule has 1 fully saturated rings. The lowest BCUT2D eigenvalue weighted by Crippen LogP contribution is -2.32. The van der Waals surface area contributed by atoms with Gasteiger partial charge >= 0.3 is 0 Å². The third-order valence-electron chi connectivity index (χ3n) is 2.89. The van der Waals surface area contributed by atoms with E-state index < -0.39 is 0 Å². The molecule has 1 amide bonds. The summed E-state index contributed by atoms with van der Waals surface area (Å²) in [6, 6.07) is 10.9. The van der Waals surface area contributed by atoms with Crippen LogP contribution in [0.3, 0.4) is 0 Å². The van der Waals surface area contributed by atoms with E-state index in [1.807, 2.05) is 13.0 Å². The third-order valence-corrected chi connectivity index (χ3v) is 4.05. The summed E-state index contributed by atoms with van der Waals surface area (Å²) < 4.78 is 0. The first-order valence-corrected chi connectivity index (χ1v) is 7.26. The minimum Gasteiger partial charge on any atom is -0.352 e. The number of nitrogens with one attached hydrogen (secondary N) is 1. The molecular formula is C14H19NOS. The molecule has 1 unspecified atom stereocenters. The van der Waals surface area contributed by atoms with Gasteiger partial charge in [0.05, 0.1) is 5.25 Å². The second-order valence-electron chi connectivity index (χ2n) is 4.53. The van der Waals surface area contributed by atoms with Crippen LogP contribution in [0.25, 0.3) is 0 Å². The first-order chi connectivity index (χ1) is 8.25. The zero-order valence-electron chi connectivity index (χ0n) is 10.2. The van der Waals surface area contributed by atoms with Crippen molar-refractivity contribution in [2.24, 2.45) is 0 Å². The molecule has 92 valence electrons. The SMILES string of the molecule is CC(SCCc1ccccc1)C(=O)NC1CC1. The van der Waals surface area contributed by atoms with Crippen LogP contribution < -0.4 is 5.32 Å². The fourth-order valence-corrected chi connectivity index (χ4v) is 2.55. The molecule has 0 spiro atoms. The average molecular weight is 249 g/mol. The number of hydrogen-bond acceptors (Lipinski definition) is 2. The number of rotatable bonds is 6. The number of carbonyl (C=O) groups is 1. The van der Waals surface area contributed by atoms with Gasteiger partial charge in [-0.25, -0.2) is 0 Å². The molecule has 0 heterocycles. The fourth-order valence-electron chi connectivity index (χ4n) is 1.62. The molecule has 1 aromatic carbocycles. The van der Waals surface area contributed by atoms with Gasteiger partial charge < -0.3 is 5.32 Å². The van der Waals surface area contributed by atoms with E-state index in [0.717, 1.165) is 25.0 Å². The molecule has 1 aliphatic rings. The van der Waals surface area contributed by atoms with Crippen molar-refractivity contribution >= 4 is 17.7 Å². The molecule has 1 saturated carbocycles. The van der Waals surface area contributed by atoms with Gasteiger partial charge in [0.25, 0.3) is 0 Å². The highest BCUT2D eigenvalue weighted by molar-refractivity contribution is 8.00. The lowest BCUT2D eigenvalue weighted by molar-refractivity contribution is -0.120. The topological polar surface area (TPSA) is 29.1 Å². The lowest BCUT2D eigenvalue weighted by atomic mass is 10.2. The minimum atomic E-state index is 0.0688. The van der Waals surface area contributed by atoms with Crippen LogP contribution in [0.4, 0.5) is 0 Å². The molecule has 17 heavy (non-hydrogen) atoms. The van der Waals surface area contributed by atoms with Crippen molar-refractivity contribution in [3.05, 3.63) is 35.9 Å². The summed E-state index contributed by atoms with van der Waals surface area (Å²) in [6.07, 6.45) is 3.35. The van der Waals surface area contributed by atoms with Crippen LogP contribution in [-0.2, 0) is 11.2 Å². The highest BCUT2D eigenvalue weighted by Crippen LogP contribution is 2.20. The Morgan fingerprint density at radius 1 is 1.41 bits per heavy atom. The van der Waals surface area contributed by atoms with Crippen molar-refractivity contribution < 1.29 is 4.79 Å². The molecule has 2 rings (SSSR count). The molecule has 1 aliphatic carbocycles. The molecule has 0 saturated heterocycles. The number of hydrogen-bond donors (Lipinski definition) is 1. The van der Waals surface area contributed by atoms with E-state index in [-0.39, 0.29) is 11.2 Å². The van der Waals surface area contributed by atoms with Gasteiger partial charge in [-0.15, -0.1) is 11.8 Å². The predicted molar refractivity (Wildman–Crippen MR) is 73.2 cm³/mol. The number of carbonyl (C=O) groups excluding carboxylic acids is 1. The fraction of sp³-hybridized carbons (Fsp3) is 0.500. The highest BCUT2D eigenvalue weighted by Gasteiger charge is 2.25. The maximum absolute atomic E-state index is 11.7. The maximum Gasteiger partial charge on any atom is 0.233 e. The molecule has 1 N–H and O–H groups in total. The van der Waals surface area contributed by atoms with Crippen LogP contribution in [0.1, 0.15) is 25.3 Å². The average Bonchev–Trinajstić information content (AvgIpc) is 3.14. The van der Waals surface area contributed by atoms with Crippen LogP contribution >= 0.6 is 11.8 Å². The van der Waals surface area contributed by atoms with Gasteiger partial charge in [0.2, 0.25) is 5.91 Å². The zero-order chi connectivity index (χ0) is 12.1. The van der Waals surface area contributed by atoms with Gasteiger partial charge in [0, 0.05) is 6.04 Å². The number of aryl methyl sites for hydroxylation is 1. The van der Waals surface area contributed by atoms with Crippen molar-refractivity contribution in [1.29, 1.82) is 0 Å². The predicted octanol–water partition coefficient (Wildman–Crippen LogP) is 2.63. The van der Waals surface area contributed by atoms with Gasteiger partial charge in [-0.05, 0) is 37.5 Å². The van der Waals surface area contributed by atoms with Gasteiger partial charge in [0.1, 0.15) is 0 Å². The largest absolute Gasteiger partial charge is 0.352 e. The van der Waals surface area contributed by atoms with E-state index in [1.54, 1.807) is 11.8 Å². The van der Waals surface area contributed by atoms with E-state index in [1.165, 1.54) is 5.56 Å². The summed E-state index contributed by atoms with van der Waals surface area (Å²) in [5, 5.41) is 3.11. The molecular weight excluding hydrogens is 230 g/mol. The number of amides is 1. The molecule has 3 heteroatoms. The Hall–Kier alpha value is -0.960. The monoisotopic (exact) mass is 249 g/mol. The molecule has 0 bridgehead atoms. The third kappa shape index (κ3) is 4.43. The molecule has 1 atom stereocenters. The summed E-state index contributed by atoms with van der Waals surface area (Å²) in [5.41, 5.74) is 1.34. The van der Waals surface area contributed by atoms with Crippen molar-refractivity contribution in [3.63, 3.8) is 0 Å². The Morgan fingerprint density at radius 3 is 2.76 bits per heavy atom. The second-order valence-corrected chi connectivity index (χ2v) is 5.98. The van der Waals surface area contributed by atoms with Crippen molar-refractivity contribution in [3.8, 4) is 0 Å². The van der Waals surface area contributed by atoms with Crippen LogP contribution in [-0.4, -0.2) is 23.0 Å². The first kappa shape index (κ1) is 12.5. The number of thioether (sulfide) groups is 1. The molecule has 1 aromatic rings. The summed E-state index contributed by atoms with van der Waals surface area (Å²) in [7, 11) is 0. The maximum atomic E-state index is 11.7. The molecule has 0 aliphatic heterocycles. The Labute approximate surface area is 107 Å². The van der Waals surface area contributed by atoms with Crippen LogP contribution in [0.15, 0.2) is 30.3 Å². The zero-order valence-corrected chi connectivity index (χ0v) is 11.0. The van der Waals surface area contributed by atoms with E-state index in [2.05, 4.69) is 29.6 Å². The Morgan fingerprint density at radius 2 is 2.12 bits per heavy atom. The molecule has 0 aromatic heterocycles. The molecule has 0 radical (unpaired) electrons. The summed E-state index contributed by atoms with van der Waals surface area (Å²) in [6.45, 7) is 1.99. The second kappa shape index (κ2) is 6.10. The lowest BCUT2D eigenvalue weighted by Gasteiger charge is -2.11. The Bertz CT molecular complexity index is 362. The van der Waals surface area contributed by atoms with E-state index >= 15 is 0 Å². The van der Waals surface area contributed by atoms with Crippen molar-refractivity contribution in [2.75, 3.05) is 5.75 Å². The van der Waals surface area contributed by atoms with E-state index in [9.17, 15) is 4.79 Å². The molecule has 2 nitrogen and oxygen atoms in total. The van der Waals surface area contributed by atoms with Gasteiger partial charge in [0.15, 0.2) is 0 Å². The van der Waals surface area contributed by atoms with Crippen LogP contribution in [0, 0.1) is 0 Å². The smallest absolute Gasteiger partial charge is 0.233 e. The normalized spacial score (nSPS) is 16.5. The quantitative estimate of drug-likeness (QED) is 0.839. The standard InChI is InChI=1S/C14H19NOS/c1-11(14(16)15-13-7-8-13)17-10-9-12-5-3-2-4-6-12/h2-6,11,13H,7-10H2,1H3,(H,15,16). The number of benzene rings is 1. The van der Waals surface area contributed by atoms with Crippen molar-refractivity contribution in [2.45, 2.75) is 37.5 Å².